The average Bonchev–Trinajstić information content (AvgIpc) is 2.98. The minimum absolute atomic E-state index is 0.169. The van der Waals surface area contributed by atoms with Crippen molar-refractivity contribution in [1.29, 1.82) is 0 Å². The molecule has 26 heavy (non-hydrogen) atoms. The van der Waals surface area contributed by atoms with Crippen molar-refractivity contribution < 1.29 is 9.84 Å². The molecule has 0 saturated carbocycles. The largest absolute Gasteiger partial charge is 0.495 e. The van der Waals surface area contributed by atoms with Gasteiger partial charge in [0.1, 0.15) is 5.75 Å². The number of benzene rings is 1. The molecule has 3 heterocycles. The fourth-order valence-corrected chi connectivity index (χ4v) is 3.33. The number of methoxy groups -OCH3 is 1. The lowest BCUT2D eigenvalue weighted by atomic mass is 10.0. The van der Waals surface area contributed by atoms with Crippen molar-refractivity contribution in [3.8, 4) is 22.8 Å². The Bertz CT molecular complexity index is 1120. The van der Waals surface area contributed by atoms with E-state index in [4.69, 9.17) is 15.5 Å². The molecule has 3 N–H and O–H groups in total. The van der Waals surface area contributed by atoms with Crippen LogP contribution < -0.4 is 10.5 Å². The predicted molar refractivity (Wildman–Crippen MR) is 103 cm³/mol. The minimum Gasteiger partial charge on any atom is -0.495 e. The maximum Gasteiger partial charge on any atom is 0.202 e. The number of nitrogens with zero attached hydrogens (tertiary/aromatic N) is 3. The molecule has 0 bridgehead atoms. The van der Waals surface area contributed by atoms with Gasteiger partial charge in [0.25, 0.3) is 0 Å². The lowest BCUT2D eigenvalue weighted by Gasteiger charge is -2.10. The van der Waals surface area contributed by atoms with Gasteiger partial charge in [-0.25, -0.2) is 4.98 Å². The summed E-state index contributed by atoms with van der Waals surface area (Å²) in [6, 6.07) is 7.76. The standard InChI is InChI=1S/C20H20N4O2/c1-3-7-24-11-16-17(20(24)25)18(21)15-6-4-5-14(19(15)23-16)12-8-13(26-2)10-22-9-12/h4-6,8-11,25H,3,7,21H2,1-2H3. The van der Waals surface area contributed by atoms with Gasteiger partial charge in [-0.2, -0.15) is 0 Å². The predicted octanol–water partition coefficient (Wildman–Crippen LogP) is 3.96. The second-order valence-electron chi connectivity index (χ2n) is 6.25. The fraction of sp³-hybridized carbons (Fsp3) is 0.200. The number of pyridine rings is 2. The SMILES string of the molecule is CCCn1cc2nc3c(-c4cncc(OC)c4)cccc3c(N)c2c1O. The van der Waals surface area contributed by atoms with Crippen LogP contribution >= 0.6 is 0 Å². The van der Waals surface area contributed by atoms with Gasteiger partial charge >= 0.3 is 0 Å². The molecule has 132 valence electrons. The van der Waals surface area contributed by atoms with Crippen LogP contribution in [0.4, 0.5) is 5.69 Å². The Hall–Kier alpha value is -3.28. The first-order valence-corrected chi connectivity index (χ1v) is 8.53. The number of hydrogen-bond donors (Lipinski definition) is 2. The topological polar surface area (TPSA) is 86.2 Å². The maximum absolute atomic E-state index is 10.5. The van der Waals surface area contributed by atoms with Crippen LogP contribution in [0.1, 0.15) is 13.3 Å². The summed E-state index contributed by atoms with van der Waals surface area (Å²) in [5.74, 6) is 0.850. The van der Waals surface area contributed by atoms with Crippen LogP contribution in [-0.2, 0) is 6.54 Å². The second-order valence-corrected chi connectivity index (χ2v) is 6.25. The third kappa shape index (κ3) is 2.42. The first-order valence-electron chi connectivity index (χ1n) is 8.53. The van der Waals surface area contributed by atoms with E-state index in [1.54, 1.807) is 24.1 Å². The first-order chi connectivity index (χ1) is 12.6. The summed E-state index contributed by atoms with van der Waals surface area (Å²) >= 11 is 0. The molecular formula is C20H20N4O2. The Balaban J connectivity index is 2.03. The minimum atomic E-state index is 0.169. The van der Waals surface area contributed by atoms with E-state index in [1.807, 2.05) is 30.5 Å². The van der Waals surface area contributed by atoms with Crippen molar-refractivity contribution in [2.45, 2.75) is 19.9 Å². The molecule has 0 aliphatic carbocycles. The summed E-state index contributed by atoms with van der Waals surface area (Å²) < 4.78 is 7.08. The molecular weight excluding hydrogens is 328 g/mol. The highest BCUT2D eigenvalue weighted by Crippen LogP contribution is 2.39. The van der Waals surface area contributed by atoms with Gasteiger partial charge in [-0.15, -0.1) is 0 Å². The van der Waals surface area contributed by atoms with Crippen molar-refractivity contribution in [1.82, 2.24) is 14.5 Å². The lowest BCUT2D eigenvalue weighted by molar-refractivity contribution is 0.413. The fourth-order valence-electron chi connectivity index (χ4n) is 3.33. The molecule has 6 heteroatoms. The highest BCUT2D eigenvalue weighted by Gasteiger charge is 2.17. The number of nitrogens with two attached hydrogens (primary N) is 1. The van der Waals surface area contributed by atoms with E-state index in [2.05, 4.69) is 11.9 Å². The Morgan fingerprint density at radius 3 is 2.88 bits per heavy atom. The zero-order chi connectivity index (χ0) is 18.3. The summed E-state index contributed by atoms with van der Waals surface area (Å²) in [6.07, 6.45) is 6.20. The highest BCUT2D eigenvalue weighted by atomic mass is 16.5. The van der Waals surface area contributed by atoms with E-state index < -0.39 is 0 Å². The van der Waals surface area contributed by atoms with Crippen LogP contribution in [0.3, 0.4) is 0 Å². The normalized spacial score (nSPS) is 11.3. The average molecular weight is 348 g/mol. The maximum atomic E-state index is 10.5. The Morgan fingerprint density at radius 1 is 1.27 bits per heavy atom. The number of anilines is 1. The summed E-state index contributed by atoms with van der Waals surface area (Å²) in [4.78, 5) is 9.04. The van der Waals surface area contributed by atoms with Gasteiger partial charge in [0.05, 0.1) is 35.4 Å². The Morgan fingerprint density at radius 2 is 2.12 bits per heavy atom. The van der Waals surface area contributed by atoms with Crippen molar-refractivity contribution in [2.75, 3.05) is 12.8 Å². The summed E-state index contributed by atoms with van der Waals surface area (Å²) in [5, 5.41) is 11.9. The van der Waals surface area contributed by atoms with Crippen LogP contribution in [0.15, 0.2) is 42.9 Å². The molecule has 0 amide bonds. The summed E-state index contributed by atoms with van der Waals surface area (Å²) in [6.45, 7) is 2.77. The molecule has 0 fully saturated rings. The van der Waals surface area contributed by atoms with Crippen LogP contribution in [-0.4, -0.2) is 26.8 Å². The number of para-hydroxylation sites is 1. The van der Waals surface area contributed by atoms with Gasteiger partial charge in [0, 0.05) is 35.5 Å². The van der Waals surface area contributed by atoms with Gasteiger partial charge in [-0.1, -0.05) is 25.1 Å². The van der Waals surface area contributed by atoms with Gasteiger partial charge < -0.3 is 20.1 Å². The van der Waals surface area contributed by atoms with Gasteiger partial charge in [0.2, 0.25) is 5.88 Å². The molecule has 0 unspecified atom stereocenters. The second kappa shape index (κ2) is 6.22. The number of nitrogen functional groups attached to an aromatic ring is 1. The van der Waals surface area contributed by atoms with E-state index in [0.717, 1.165) is 28.5 Å². The van der Waals surface area contributed by atoms with Crippen molar-refractivity contribution in [3.63, 3.8) is 0 Å². The number of aromatic nitrogens is 3. The molecule has 0 radical (unpaired) electrons. The Kier molecular flexibility index (Phi) is 3.88. The van der Waals surface area contributed by atoms with Crippen molar-refractivity contribution in [2.24, 2.45) is 0 Å². The molecule has 0 aliphatic rings. The molecule has 0 spiro atoms. The van der Waals surface area contributed by atoms with Crippen LogP contribution in [0.2, 0.25) is 0 Å². The van der Waals surface area contributed by atoms with Gasteiger partial charge in [-0.3, -0.25) is 4.98 Å². The zero-order valence-corrected chi connectivity index (χ0v) is 14.7. The summed E-state index contributed by atoms with van der Waals surface area (Å²) in [7, 11) is 1.61. The number of ether oxygens (including phenoxy) is 1. The molecule has 0 aliphatic heterocycles. The van der Waals surface area contributed by atoms with Crippen LogP contribution in [0, 0.1) is 0 Å². The first kappa shape index (κ1) is 16.2. The molecule has 0 saturated heterocycles. The molecule has 4 rings (SSSR count). The highest BCUT2D eigenvalue weighted by molar-refractivity contribution is 6.12. The smallest absolute Gasteiger partial charge is 0.202 e. The number of aryl methyl sites for hydroxylation is 1. The quantitative estimate of drug-likeness (QED) is 0.583. The van der Waals surface area contributed by atoms with Crippen molar-refractivity contribution in [3.05, 3.63) is 42.9 Å². The monoisotopic (exact) mass is 348 g/mol. The Labute approximate surface area is 150 Å². The van der Waals surface area contributed by atoms with Crippen LogP contribution in [0.25, 0.3) is 32.9 Å². The third-order valence-electron chi connectivity index (χ3n) is 4.58. The number of hydrogen-bond acceptors (Lipinski definition) is 5. The van der Waals surface area contributed by atoms with Gasteiger partial charge in [0.15, 0.2) is 0 Å². The van der Waals surface area contributed by atoms with E-state index in [9.17, 15) is 5.11 Å². The van der Waals surface area contributed by atoms with E-state index in [-0.39, 0.29) is 5.88 Å². The molecule has 6 nitrogen and oxygen atoms in total. The van der Waals surface area contributed by atoms with E-state index in [0.29, 0.717) is 28.9 Å². The van der Waals surface area contributed by atoms with Crippen LogP contribution in [0.5, 0.6) is 11.6 Å². The van der Waals surface area contributed by atoms with E-state index >= 15 is 0 Å². The molecule has 1 aromatic carbocycles. The molecule has 3 aromatic heterocycles. The number of aromatic hydroxyl groups is 1. The number of fused-ring (bicyclic) bond motifs is 2. The van der Waals surface area contributed by atoms with Gasteiger partial charge in [-0.05, 0) is 12.5 Å². The zero-order valence-electron chi connectivity index (χ0n) is 14.7. The number of rotatable bonds is 4. The molecule has 0 atom stereocenters. The molecule has 4 aromatic rings. The third-order valence-corrected chi connectivity index (χ3v) is 4.58. The summed E-state index contributed by atoms with van der Waals surface area (Å²) in [5.41, 5.74) is 10.2. The lowest BCUT2D eigenvalue weighted by Crippen LogP contribution is -1.94. The van der Waals surface area contributed by atoms with E-state index in [1.165, 1.54) is 0 Å². The van der Waals surface area contributed by atoms with Crippen molar-refractivity contribution >= 4 is 27.5 Å².